The fourth-order valence-electron chi connectivity index (χ4n) is 3.84. The van der Waals surface area contributed by atoms with Gasteiger partial charge < -0.3 is 15.0 Å². The van der Waals surface area contributed by atoms with Crippen LogP contribution in [-0.2, 0) is 7.05 Å². The van der Waals surface area contributed by atoms with Crippen LogP contribution in [0.3, 0.4) is 0 Å². The Kier molecular flexibility index (Phi) is 4.09. The van der Waals surface area contributed by atoms with Crippen molar-refractivity contribution in [1.82, 2.24) is 9.55 Å². The first-order valence-corrected chi connectivity index (χ1v) is 9.75. The molecule has 0 spiro atoms. The van der Waals surface area contributed by atoms with E-state index in [4.69, 9.17) is 0 Å². The Balaban J connectivity index is 1.55. The fraction of sp³-hybridized carbons (Fsp3) is 0.167. The monoisotopic (exact) mass is 383 g/mol. The lowest BCUT2D eigenvalue weighted by Crippen LogP contribution is -2.06. The lowest BCUT2D eigenvalue weighted by molar-refractivity contribution is 0.0697. The van der Waals surface area contributed by atoms with Gasteiger partial charge in [-0.05, 0) is 54.2 Å². The van der Waals surface area contributed by atoms with E-state index < -0.39 is 5.97 Å². The average Bonchev–Trinajstić information content (AvgIpc) is 3.53. The van der Waals surface area contributed by atoms with Gasteiger partial charge in [0.2, 0.25) is 0 Å². The lowest BCUT2D eigenvalue weighted by atomic mass is 10.0. The van der Waals surface area contributed by atoms with Crippen LogP contribution in [0.1, 0.15) is 34.7 Å². The molecule has 4 aromatic rings. The number of hydrogen-bond donors (Lipinski definition) is 2. The molecule has 1 fully saturated rings. The second-order valence-electron chi connectivity index (χ2n) is 7.62. The number of nitrogens with one attached hydrogen (secondary N) is 1. The summed E-state index contributed by atoms with van der Waals surface area (Å²) in [5.74, 6) is -0.129. The molecule has 0 atom stereocenters. The summed E-state index contributed by atoms with van der Waals surface area (Å²) in [6, 6.07) is 18.1. The predicted molar refractivity (Wildman–Crippen MR) is 115 cm³/mol. The van der Waals surface area contributed by atoms with Gasteiger partial charge in [0.05, 0.1) is 0 Å². The van der Waals surface area contributed by atoms with Crippen LogP contribution in [0.25, 0.3) is 22.0 Å². The normalized spacial score (nSPS) is 13.6. The predicted octanol–water partition coefficient (Wildman–Crippen LogP) is 5.56. The second kappa shape index (κ2) is 6.78. The molecule has 1 aliphatic rings. The quantitative estimate of drug-likeness (QED) is 0.473. The minimum Gasteiger partial charge on any atom is -0.478 e. The van der Waals surface area contributed by atoms with E-state index in [1.54, 1.807) is 12.3 Å². The molecular weight excluding hydrogens is 362 g/mol. The molecule has 0 unspecified atom stereocenters. The first-order valence-electron chi connectivity index (χ1n) is 9.75. The van der Waals surface area contributed by atoms with Crippen LogP contribution in [-0.4, -0.2) is 20.6 Å². The molecule has 0 bridgehead atoms. The van der Waals surface area contributed by atoms with Crippen molar-refractivity contribution in [1.29, 1.82) is 0 Å². The zero-order valence-corrected chi connectivity index (χ0v) is 16.1. The maximum atomic E-state index is 11.8. The highest BCUT2D eigenvalue weighted by Gasteiger charge is 2.26. The van der Waals surface area contributed by atoms with Gasteiger partial charge in [0.25, 0.3) is 0 Å². The summed E-state index contributed by atoms with van der Waals surface area (Å²) in [6.07, 6.45) is 6.14. The summed E-state index contributed by atoms with van der Waals surface area (Å²) in [5, 5.41) is 14.0. The molecule has 5 nitrogen and oxygen atoms in total. The summed E-state index contributed by atoms with van der Waals surface area (Å²) in [4.78, 5) is 16.2. The molecule has 0 amide bonds. The molecule has 0 aliphatic heterocycles. The van der Waals surface area contributed by atoms with Crippen LogP contribution >= 0.6 is 0 Å². The standard InChI is InChI=1S/C24H21N3O2/c1-27-14-21(16-5-3-2-4-6-16)19-12-18(9-10-22(19)27)26-23-20(24(28)29)11-17(13-25-23)15-7-8-15/h2-6,9-15H,7-8H2,1H3,(H,25,26)(H,28,29). The SMILES string of the molecule is Cn1cc(-c2ccccc2)c2cc(Nc3ncc(C4CC4)cc3C(=O)O)ccc21. The van der Waals surface area contributed by atoms with Gasteiger partial charge in [-0.1, -0.05) is 30.3 Å². The Hall–Kier alpha value is -3.60. The zero-order chi connectivity index (χ0) is 20.0. The summed E-state index contributed by atoms with van der Waals surface area (Å²) < 4.78 is 2.10. The van der Waals surface area contributed by atoms with Crippen LogP contribution in [0.5, 0.6) is 0 Å². The van der Waals surface area contributed by atoms with Gasteiger partial charge in [0, 0.05) is 41.6 Å². The second-order valence-corrected chi connectivity index (χ2v) is 7.62. The average molecular weight is 383 g/mol. The number of aromatic carboxylic acids is 1. The maximum Gasteiger partial charge on any atom is 0.339 e. The minimum atomic E-state index is -0.965. The van der Waals surface area contributed by atoms with Crippen molar-refractivity contribution in [3.63, 3.8) is 0 Å². The van der Waals surface area contributed by atoms with Crippen LogP contribution in [0.15, 0.2) is 67.0 Å². The Morgan fingerprint density at radius 1 is 1.14 bits per heavy atom. The van der Waals surface area contributed by atoms with Gasteiger partial charge in [0.15, 0.2) is 0 Å². The van der Waals surface area contributed by atoms with Crippen molar-refractivity contribution in [2.75, 3.05) is 5.32 Å². The Morgan fingerprint density at radius 3 is 2.66 bits per heavy atom. The number of benzene rings is 2. The molecule has 2 N–H and O–H groups in total. The fourth-order valence-corrected chi connectivity index (χ4v) is 3.84. The number of carboxylic acid groups (broad SMARTS) is 1. The van der Waals surface area contributed by atoms with Gasteiger partial charge in [-0.3, -0.25) is 0 Å². The summed E-state index contributed by atoms with van der Waals surface area (Å²) in [5.41, 5.74) is 5.44. The van der Waals surface area contributed by atoms with E-state index >= 15 is 0 Å². The number of fused-ring (bicyclic) bond motifs is 1. The number of aromatic nitrogens is 2. The van der Waals surface area contributed by atoms with Crippen LogP contribution in [0.4, 0.5) is 11.5 Å². The molecule has 0 saturated heterocycles. The van der Waals surface area contributed by atoms with E-state index in [9.17, 15) is 9.90 Å². The number of aryl methyl sites for hydroxylation is 1. The third kappa shape index (κ3) is 3.25. The van der Waals surface area contributed by atoms with Gasteiger partial charge in [0.1, 0.15) is 11.4 Å². The van der Waals surface area contributed by atoms with Gasteiger partial charge >= 0.3 is 5.97 Å². The van der Waals surface area contributed by atoms with Crippen molar-refractivity contribution >= 4 is 28.4 Å². The molecule has 29 heavy (non-hydrogen) atoms. The largest absolute Gasteiger partial charge is 0.478 e. The lowest BCUT2D eigenvalue weighted by Gasteiger charge is -2.11. The smallest absolute Gasteiger partial charge is 0.339 e. The summed E-state index contributed by atoms with van der Waals surface area (Å²) >= 11 is 0. The van der Waals surface area contributed by atoms with E-state index in [2.05, 4.69) is 39.3 Å². The van der Waals surface area contributed by atoms with E-state index in [0.29, 0.717) is 11.7 Å². The molecule has 1 aliphatic carbocycles. The third-order valence-corrected chi connectivity index (χ3v) is 5.53. The molecule has 5 heteroatoms. The molecule has 1 saturated carbocycles. The van der Waals surface area contributed by atoms with E-state index in [1.807, 2.05) is 37.4 Å². The highest BCUT2D eigenvalue weighted by atomic mass is 16.4. The van der Waals surface area contributed by atoms with Crippen molar-refractivity contribution in [3.05, 3.63) is 78.1 Å². The highest BCUT2D eigenvalue weighted by Crippen LogP contribution is 2.41. The van der Waals surface area contributed by atoms with Crippen molar-refractivity contribution in [2.24, 2.45) is 7.05 Å². The molecule has 144 valence electrons. The molecule has 5 rings (SSSR count). The number of carboxylic acids is 1. The molecule has 2 aromatic heterocycles. The van der Waals surface area contributed by atoms with Crippen LogP contribution in [0, 0.1) is 0 Å². The maximum absolute atomic E-state index is 11.8. The Bertz CT molecular complexity index is 1220. The van der Waals surface area contributed by atoms with E-state index in [1.165, 1.54) is 0 Å². The Morgan fingerprint density at radius 2 is 1.93 bits per heavy atom. The number of carbonyl (C=O) groups is 1. The van der Waals surface area contributed by atoms with Crippen molar-refractivity contribution in [3.8, 4) is 11.1 Å². The number of anilines is 2. The minimum absolute atomic E-state index is 0.214. The zero-order valence-electron chi connectivity index (χ0n) is 16.1. The molecule has 2 aromatic carbocycles. The number of rotatable bonds is 5. The van der Waals surface area contributed by atoms with Gasteiger partial charge in [-0.2, -0.15) is 0 Å². The highest BCUT2D eigenvalue weighted by molar-refractivity contribution is 5.99. The van der Waals surface area contributed by atoms with Crippen LogP contribution < -0.4 is 5.32 Å². The first-order chi connectivity index (χ1) is 14.1. The van der Waals surface area contributed by atoms with E-state index in [0.717, 1.165) is 46.1 Å². The van der Waals surface area contributed by atoms with Gasteiger partial charge in [-0.25, -0.2) is 9.78 Å². The van der Waals surface area contributed by atoms with Crippen LogP contribution in [0.2, 0.25) is 0 Å². The summed E-state index contributed by atoms with van der Waals surface area (Å²) in [7, 11) is 2.03. The van der Waals surface area contributed by atoms with Crippen molar-refractivity contribution < 1.29 is 9.90 Å². The third-order valence-electron chi connectivity index (χ3n) is 5.53. The van der Waals surface area contributed by atoms with Gasteiger partial charge in [-0.15, -0.1) is 0 Å². The number of hydrogen-bond acceptors (Lipinski definition) is 3. The molecule has 2 heterocycles. The Labute approximate surface area is 168 Å². The number of nitrogens with zero attached hydrogens (tertiary/aromatic N) is 2. The molecular formula is C24H21N3O2. The summed E-state index contributed by atoms with van der Waals surface area (Å²) in [6.45, 7) is 0. The topological polar surface area (TPSA) is 67.2 Å². The number of pyridine rings is 1. The first kappa shape index (κ1) is 17.5. The molecule has 0 radical (unpaired) electrons. The van der Waals surface area contributed by atoms with E-state index in [-0.39, 0.29) is 5.56 Å². The van der Waals surface area contributed by atoms with Crippen molar-refractivity contribution in [2.45, 2.75) is 18.8 Å².